The van der Waals surface area contributed by atoms with Crippen LogP contribution in [0.2, 0.25) is 0 Å². The van der Waals surface area contributed by atoms with Crippen molar-refractivity contribution in [3.05, 3.63) is 66.2 Å². The molecule has 2 heterocycles. The number of aryl methyl sites for hydroxylation is 1. The molecule has 0 aliphatic rings. The first-order valence-corrected chi connectivity index (χ1v) is 7.61. The van der Waals surface area contributed by atoms with Gasteiger partial charge in [-0.3, -0.25) is 9.78 Å². The molecule has 0 saturated carbocycles. The van der Waals surface area contributed by atoms with E-state index in [-0.39, 0.29) is 5.69 Å². The molecule has 1 aromatic carbocycles. The lowest BCUT2D eigenvalue weighted by atomic mass is 10.1. The third kappa shape index (κ3) is 3.38. The highest BCUT2D eigenvalue weighted by molar-refractivity contribution is 6.03. The van der Waals surface area contributed by atoms with Gasteiger partial charge in [-0.25, -0.2) is 9.97 Å². The molecule has 3 N–H and O–H groups in total. The number of pyridine rings is 1. The van der Waals surface area contributed by atoms with Gasteiger partial charge in [-0.1, -0.05) is 37.3 Å². The van der Waals surface area contributed by atoms with E-state index in [0.717, 1.165) is 23.4 Å². The van der Waals surface area contributed by atoms with E-state index in [1.807, 2.05) is 43.3 Å². The smallest absolute Gasteiger partial charge is 0.277 e. The SMILES string of the molecule is CCc1cnc(C(=O)Nc2nc(-c3ccccc3)ccc2N)cn1. The Morgan fingerprint density at radius 2 is 1.88 bits per heavy atom. The summed E-state index contributed by atoms with van der Waals surface area (Å²) >= 11 is 0. The van der Waals surface area contributed by atoms with Gasteiger partial charge in [0.1, 0.15) is 5.69 Å². The molecule has 0 aliphatic heterocycles. The second kappa shape index (κ2) is 6.87. The van der Waals surface area contributed by atoms with Gasteiger partial charge in [-0.15, -0.1) is 0 Å². The van der Waals surface area contributed by atoms with Crippen LogP contribution in [0.3, 0.4) is 0 Å². The van der Waals surface area contributed by atoms with Crippen LogP contribution in [0.4, 0.5) is 11.5 Å². The van der Waals surface area contributed by atoms with Crippen LogP contribution >= 0.6 is 0 Å². The highest BCUT2D eigenvalue weighted by Crippen LogP contribution is 2.23. The maximum absolute atomic E-state index is 12.3. The topological polar surface area (TPSA) is 93.8 Å². The molecule has 0 bridgehead atoms. The summed E-state index contributed by atoms with van der Waals surface area (Å²) in [6.45, 7) is 1.98. The summed E-state index contributed by atoms with van der Waals surface area (Å²) in [4.78, 5) is 25.0. The maximum atomic E-state index is 12.3. The van der Waals surface area contributed by atoms with Gasteiger partial charge in [-0.2, -0.15) is 0 Å². The number of hydrogen-bond acceptors (Lipinski definition) is 5. The fourth-order valence-electron chi connectivity index (χ4n) is 2.17. The number of anilines is 2. The summed E-state index contributed by atoms with van der Waals surface area (Å²) in [5.74, 6) is -0.0858. The molecule has 0 fully saturated rings. The first-order chi connectivity index (χ1) is 11.7. The Morgan fingerprint density at radius 3 is 2.54 bits per heavy atom. The predicted octanol–water partition coefficient (Wildman–Crippen LogP) is 2.94. The normalized spacial score (nSPS) is 10.4. The lowest BCUT2D eigenvalue weighted by Crippen LogP contribution is -2.16. The zero-order valence-electron chi connectivity index (χ0n) is 13.2. The summed E-state index contributed by atoms with van der Waals surface area (Å²) < 4.78 is 0. The van der Waals surface area contributed by atoms with Crippen molar-refractivity contribution in [1.82, 2.24) is 15.0 Å². The largest absolute Gasteiger partial charge is 0.396 e. The summed E-state index contributed by atoms with van der Waals surface area (Å²) in [5, 5.41) is 2.70. The number of nitrogens with two attached hydrogens (primary N) is 1. The number of hydrogen-bond donors (Lipinski definition) is 2. The Bertz CT molecular complexity index is 847. The quantitative estimate of drug-likeness (QED) is 0.771. The zero-order valence-corrected chi connectivity index (χ0v) is 13.2. The second-order valence-electron chi connectivity index (χ2n) is 5.20. The van der Waals surface area contributed by atoms with E-state index >= 15 is 0 Å². The van der Waals surface area contributed by atoms with Crippen molar-refractivity contribution < 1.29 is 4.79 Å². The molecular formula is C18H17N5O. The number of nitrogen functional groups attached to an aromatic ring is 1. The summed E-state index contributed by atoms with van der Waals surface area (Å²) in [7, 11) is 0. The minimum Gasteiger partial charge on any atom is -0.396 e. The van der Waals surface area contributed by atoms with Crippen LogP contribution in [-0.2, 0) is 6.42 Å². The number of carbonyl (C=O) groups is 1. The molecule has 6 heteroatoms. The molecular weight excluding hydrogens is 302 g/mol. The molecule has 3 rings (SSSR count). The molecule has 0 aliphatic carbocycles. The second-order valence-corrected chi connectivity index (χ2v) is 5.20. The van der Waals surface area contributed by atoms with Gasteiger partial charge in [0.2, 0.25) is 0 Å². The van der Waals surface area contributed by atoms with Crippen LogP contribution in [-0.4, -0.2) is 20.9 Å². The number of amides is 1. The molecule has 0 radical (unpaired) electrons. The minimum atomic E-state index is -0.394. The molecule has 0 saturated heterocycles. The summed E-state index contributed by atoms with van der Waals surface area (Å²) in [5.41, 5.74) is 9.04. The van der Waals surface area contributed by atoms with E-state index in [0.29, 0.717) is 11.5 Å². The van der Waals surface area contributed by atoms with Crippen LogP contribution in [0, 0.1) is 0 Å². The zero-order chi connectivity index (χ0) is 16.9. The van der Waals surface area contributed by atoms with Crippen molar-refractivity contribution in [3.8, 4) is 11.3 Å². The number of nitrogens with zero attached hydrogens (tertiary/aromatic N) is 3. The number of nitrogens with one attached hydrogen (secondary N) is 1. The Morgan fingerprint density at radius 1 is 1.08 bits per heavy atom. The molecule has 24 heavy (non-hydrogen) atoms. The lowest BCUT2D eigenvalue weighted by molar-refractivity contribution is 0.102. The van der Waals surface area contributed by atoms with Crippen LogP contribution in [0.1, 0.15) is 23.1 Å². The van der Waals surface area contributed by atoms with E-state index in [2.05, 4.69) is 20.3 Å². The molecule has 1 amide bonds. The van der Waals surface area contributed by atoms with Crippen LogP contribution in [0.15, 0.2) is 54.9 Å². The Kier molecular flexibility index (Phi) is 4.47. The summed E-state index contributed by atoms with van der Waals surface area (Å²) in [6, 6.07) is 13.2. The van der Waals surface area contributed by atoms with Crippen molar-refractivity contribution in [2.24, 2.45) is 0 Å². The van der Waals surface area contributed by atoms with Crippen LogP contribution in [0.5, 0.6) is 0 Å². The van der Waals surface area contributed by atoms with Crippen LogP contribution in [0.25, 0.3) is 11.3 Å². The number of aromatic nitrogens is 3. The molecule has 0 atom stereocenters. The van der Waals surface area contributed by atoms with E-state index in [9.17, 15) is 4.79 Å². The van der Waals surface area contributed by atoms with E-state index in [4.69, 9.17) is 5.73 Å². The Balaban J connectivity index is 1.85. The Hall–Kier alpha value is -3.28. The van der Waals surface area contributed by atoms with Crippen molar-refractivity contribution in [2.45, 2.75) is 13.3 Å². The fourth-order valence-corrected chi connectivity index (χ4v) is 2.17. The first kappa shape index (κ1) is 15.6. The van der Waals surface area contributed by atoms with Crippen molar-refractivity contribution in [3.63, 3.8) is 0 Å². The van der Waals surface area contributed by atoms with E-state index in [1.54, 1.807) is 12.3 Å². The standard InChI is InChI=1S/C18H17N5O/c1-2-13-10-21-16(11-20-13)18(24)23-17-14(19)8-9-15(22-17)12-6-4-3-5-7-12/h3-11H,2,19H2,1H3,(H,22,23,24). The average Bonchev–Trinajstić information content (AvgIpc) is 2.64. The fraction of sp³-hybridized carbons (Fsp3) is 0.111. The number of carbonyl (C=O) groups excluding carboxylic acids is 1. The minimum absolute atomic E-state index is 0.221. The van der Waals surface area contributed by atoms with Crippen molar-refractivity contribution in [1.29, 1.82) is 0 Å². The molecule has 3 aromatic rings. The Labute approximate surface area is 139 Å². The highest BCUT2D eigenvalue weighted by Gasteiger charge is 2.12. The van der Waals surface area contributed by atoms with Gasteiger partial charge < -0.3 is 11.1 Å². The maximum Gasteiger partial charge on any atom is 0.277 e. The average molecular weight is 319 g/mol. The van der Waals surface area contributed by atoms with Gasteiger partial charge in [0, 0.05) is 11.8 Å². The van der Waals surface area contributed by atoms with E-state index < -0.39 is 5.91 Å². The third-order valence-electron chi connectivity index (χ3n) is 3.53. The highest BCUT2D eigenvalue weighted by atomic mass is 16.1. The van der Waals surface area contributed by atoms with Gasteiger partial charge in [0.05, 0.1) is 23.3 Å². The lowest BCUT2D eigenvalue weighted by Gasteiger charge is -2.09. The molecule has 0 unspecified atom stereocenters. The van der Waals surface area contributed by atoms with Crippen molar-refractivity contribution in [2.75, 3.05) is 11.1 Å². The van der Waals surface area contributed by atoms with E-state index in [1.165, 1.54) is 6.20 Å². The first-order valence-electron chi connectivity index (χ1n) is 7.61. The number of benzene rings is 1. The monoisotopic (exact) mass is 319 g/mol. The molecule has 0 spiro atoms. The van der Waals surface area contributed by atoms with Crippen LogP contribution < -0.4 is 11.1 Å². The van der Waals surface area contributed by atoms with Crippen molar-refractivity contribution >= 4 is 17.4 Å². The molecule has 6 nitrogen and oxygen atoms in total. The predicted molar refractivity (Wildman–Crippen MR) is 93.4 cm³/mol. The van der Waals surface area contributed by atoms with Gasteiger partial charge in [0.15, 0.2) is 5.82 Å². The number of rotatable bonds is 4. The molecule has 2 aromatic heterocycles. The van der Waals surface area contributed by atoms with Gasteiger partial charge in [0.25, 0.3) is 5.91 Å². The van der Waals surface area contributed by atoms with Gasteiger partial charge in [-0.05, 0) is 18.6 Å². The third-order valence-corrected chi connectivity index (χ3v) is 3.53. The molecule has 120 valence electrons. The summed E-state index contributed by atoms with van der Waals surface area (Å²) in [6.07, 6.45) is 3.81. The van der Waals surface area contributed by atoms with Gasteiger partial charge >= 0.3 is 0 Å².